The summed E-state index contributed by atoms with van der Waals surface area (Å²) in [5.41, 5.74) is 7.35. The van der Waals surface area contributed by atoms with E-state index in [1.165, 1.54) is 4.90 Å². The summed E-state index contributed by atoms with van der Waals surface area (Å²) < 4.78 is 3.84. The van der Waals surface area contributed by atoms with Gasteiger partial charge in [-0.05, 0) is 43.3 Å². The number of pyridine rings is 1. The topological polar surface area (TPSA) is 129 Å². The van der Waals surface area contributed by atoms with E-state index in [1.54, 1.807) is 36.8 Å². The maximum absolute atomic E-state index is 12.6. The van der Waals surface area contributed by atoms with Crippen molar-refractivity contribution < 1.29 is 9.59 Å². The van der Waals surface area contributed by atoms with E-state index < -0.39 is 5.34 Å². The molecule has 1 aromatic carbocycles. The highest BCUT2D eigenvalue weighted by atomic mass is 16.2. The zero-order chi connectivity index (χ0) is 34.2. The fraction of sp³-hybridized carbons (Fsp3) is 0.353. The standard InChI is InChI=1S/C34H35B2N11O2/c1-19-13-29-40-28(41-32(48)20-11-12-20)14-30(47(29)42-19)39-24-8-5-7-22-23-15-37-46(26(23)18-44(4)31(22)24)21-16-45(17-21)34(35,36)27-10-6-9-25(38-27)33(49)43(2)3/h5-10,13-15,20-21,39H,11-12,16-18H2,1-4H3,(H,40,41,48). The minimum absolute atomic E-state index is 0.000894. The maximum atomic E-state index is 12.6. The molecule has 1 saturated heterocycles. The van der Waals surface area contributed by atoms with Crippen LogP contribution in [-0.4, -0.2) is 101 Å². The van der Waals surface area contributed by atoms with Crippen LogP contribution in [0.5, 0.6) is 0 Å². The molecule has 0 spiro atoms. The zero-order valence-electron chi connectivity index (χ0n) is 27.9. The van der Waals surface area contributed by atoms with Crippen molar-refractivity contribution in [3.8, 4) is 11.1 Å². The van der Waals surface area contributed by atoms with Crippen LogP contribution in [-0.2, 0) is 16.7 Å². The van der Waals surface area contributed by atoms with Gasteiger partial charge in [0.1, 0.15) is 17.3 Å². The number of para-hydroxylation sites is 1. The van der Waals surface area contributed by atoms with Gasteiger partial charge in [-0.3, -0.25) is 14.3 Å². The van der Waals surface area contributed by atoms with Crippen LogP contribution < -0.4 is 15.5 Å². The molecule has 4 radical (unpaired) electrons. The van der Waals surface area contributed by atoms with Crippen LogP contribution in [0.25, 0.3) is 16.8 Å². The maximum Gasteiger partial charge on any atom is 0.271 e. The number of aryl methyl sites for hydroxylation is 1. The second kappa shape index (κ2) is 11.5. The molecule has 2 N–H and O–H groups in total. The number of hydrogen-bond donors (Lipinski definition) is 2. The van der Waals surface area contributed by atoms with Crippen molar-refractivity contribution >= 4 is 56.2 Å². The largest absolute Gasteiger partial charge is 0.366 e. The van der Waals surface area contributed by atoms with Gasteiger partial charge in [-0.15, -0.1) is 0 Å². The fourth-order valence-corrected chi connectivity index (χ4v) is 6.70. The SMILES string of the molecule is [B]C([B])(c1cccc(C(=O)N(C)C)n1)N1CC(n2ncc3c2CN(C)c2c(Nc4cc(NC(=O)C5CC5)nc5cc(C)nn45)cccc2-3)C1. The number of anilines is 4. The molecule has 0 unspecified atom stereocenters. The molecule has 3 aliphatic rings. The van der Waals surface area contributed by atoms with Crippen LogP contribution in [0.2, 0.25) is 0 Å². The first kappa shape index (κ1) is 31.1. The normalized spacial score (nSPS) is 16.2. The number of carbonyl (C=O) groups is 2. The lowest BCUT2D eigenvalue weighted by atomic mass is 9.57. The molecule has 1 saturated carbocycles. The van der Waals surface area contributed by atoms with Crippen LogP contribution in [0.4, 0.5) is 23.0 Å². The van der Waals surface area contributed by atoms with Crippen molar-refractivity contribution in [3.05, 3.63) is 77.5 Å². The molecule has 4 aromatic heterocycles. The van der Waals surface area contributed by atoms with Gasteiger partial charge in [0.2, 0.25) is 5.91 Å². The monoisotopic (exact) mass is 651 g/mol. The molecule has 0 atom stereocenters. The van der Waals surface area contributed by atoms with Gasteiger partial charge in [0.05, 0.1) is 57.2 Å². The Bertz CT molecular complexity index is 2130. The Labute approximate surface area is 286 Å². The predicted octanol–water partition coefficient (Wildman–Crippen LogP) is 3.04. The molecule has 2 fully saturated rings. The van der Waals surface area contributed by atoms with Crippen molar-refractivity contribution in [2.45, 2.75) is 37.7 Å². The summed E-state index contributed by atoms with van der Waals surface area (Å²) >= 11 is 0. The third-order valence-electron chi connectivity index (χ3n) is 9.52. The van der Waals surface area contributed by atoms with Crippen LogP contribution >= 0.6 is 0 Å². The Morgan fingerprint density at radius 3 is 2.55 bits per heavy atom. The third-order valence-corrected chi connectivity index (χ3v) is 9.52. The highest BCUT2D eigenvalue weighted by Gasteiger charge is 2.41. The summed E-state index contributed by atoms with van der Waals surface area (Å²) in [6.07, 6.45) is 3.76. The first-order valence-electron chi connectivity index (χ1n) is 16.4. The number of fused-ring (bicyclic) bond motifs is 4. The average Bonchev–Trinajstić information content (AvgIpc) is 3.72. The number of benzene rings is 1. The summed E-state index contributed by atoms with van der Waals surface area (Å²) in [5.74, 6) is 1.04. The number of amides is 2. The van der Waals surface area contributed by atoms with E-state index in [2.05, 4.69) is 48.4 Å². The Hall–Kier alpha value is -5.17. The molecule has 6 heterocycles. The van der Waals surface area contributed by atoms with E-state index in [1.807, 2.05) is 42.3 Å². The molecule has 2 amide bonds. The van der Waals surface area contributed by atoms with Crippen LogP contribution in [0, 0.1) is 12.8 Å². The zero-order valence-corrected chi connectivity index (χ0v) is 27.9. The number of rotatable bonds is 8. The van der Waals surface area contributed by atoms with Gasteiger partial charge in [-0.25, -0.2) is 9.97 Å². The summed E-state index contributed by atoms with van der Waals surface area (Å²) in [5, 5.41) is 14.7. The van der Waals surface area contributed by atoms with Gasteiger partial charge < -0.3 is 25.3 Å². The van der Waals surface area contributed by atoms with E-state index in [-0.39, 0.29) is 23.8 Å². The highest BCUT2D eigenvalue weighted by Crippen LogP contribution is 2.45. The summed E-state index contributed by atoms with van der Waals surface area (Å²) in [6, 6.07) is 15.1. The van der Waals surface area contributed by atoms with Gasteiger partial charge in [-0.2, -0.15) is 14.7 Å². The number of hydrogen-bond acceptors (Lipinski definition) is 9. The van der Waals surface area contributed by atoms with E-state index in [9.17, 15) is 9.59 Å². The first-order valence-corrected chi connectivity index (χ1v) is 16.4. The summed E-state index contributed by atoms with van der Waals surface area (Å²) in [6.45, 7) is 3.71. The van der Waals surface area contributed by atoms with E-state index in [0.717, 1.165) is 46.7 Å². The molecular formula is C34H35B2N11O2. The molecule has 8 rings (SSSR count). The van der Waals surface area contributed by atoms with Crippen LogP contribution in [0.3, 0.4) is 0 Å². The number of likely N-dealkylation sites (tertiary alicyclic amines) is 1. The molecule has 1 aliphatic carbocycles. The van der Waals surface area contributed by atoms with Gasteiger partial charge in [0, 0.05) is 69.1 Å². The number of nitrogens with one attached hydrogen (secondary N) is 2. The first-order chi connectivity index (χ1) is 23.5. The highest BCUT2D eigenvalue weighted by molar-refractivity contribution is 6.39. The predicted molar refractivity (Wildman–Crippen MR) is 188 cm³/mol. The molecule has 2 aliphatic heterocycles. The smallest absolute Gasteiger partial charge is 0.271 e. The molecule has 13 nitrogen and oxygen atoms in total. The van der Waals surface area contributed by atoms with Crippen LogP contribution in [0.1, 0.15) is 46.5 Å². The quantitative estimate of drug-likeness (QED) is 0.244. The Morgan fingerprint density at radius 1 is 1.02 bits per heavy atom. The Balaban J connectivity index is 1.05. The van der Waals surface area contributed by atoms with Gasteiger partial charge in [0.25, 0.3) is 5.91 Å². The molecule has 244 valence electrons. The second-order valence-corrected chi connectivity index (χ2v) is 13.5. The van der Waals surface area contributed by atoms with Crippen molar-refractivity contribution in [1.29, 1.82) is 0 Å². The van der Waals surface area contributed by atoms with Crippen molar-refractivity contribution in [2.24, 2.45) is 5.92 Å². The minimum Gasteiger partial charge on any atom is -0.366 e. The van der Waals surface area contributed by atoms with Gasteiger partial charge in [0.15, 0.2) is 5.65 Å². The molecule has 5 aromatic rings. The summed E-state index contributed by atoms with van der Waals surface area (Å²) in [7, 11) is 18.7. The number of aromatic nitrogens is 6. The van der Waals surface area contributed by atoms with E-state index >= 15 is 0 Å². The number of nitrogens with zero attached hydrogens (tertiary/aromatic N) is 9. The van der Waals surface area contributed by atoms with Gasteiger partial charge in [-0.1, -0.05) is 18.2 Å². The lowest BCUT2D eigenvalue weighted by molar-refractivity contribution is -0.117. The fourth-order valence-electron chi connectivity index (χ4n) is 6.70. The van der Waals surface area contributed by atoms with Crippen molar-refractivity contribution in [3.63, 3.8) is 0 Å². The molecule has 49 heavy (non-hydrogen) atoms. The number of carbonyl (C=O) groups excluding carboxylic acids is 2. The summed E-state index contributed by atoms with van der Waals surface area (Å²) in [4.78, 5) is 39.8. The Morgan fingerprint density at radius 2 is 1.80 bits per heavy atom. The molecular weight excluding hydrogens is 616 g/mol. The lowest BCUT2D eigenvalue weighted by Crippen LogP contribution is -2.60. The average molecular weight is 651 g/mol. The Kier molecular flexibility index (Phi) is 7.28. The van der Waals surface area contributed by atoms with E-state index in [0.29, 0.717) is 48.3 Å². The van der Waals surface area contributed by atoms with Crippen molar-refractivity contribution in [1.82, 2.24) is 39.2 Å². The third kappa shape index (κ3) is 5.41. The minimum atomic E-state index is -1.34. The van der Waals surface area contributed by atoms with Crippen molar-refractivity contribution in [2.75, 3.05) is 49.8 Å². The van der Waals surface area contributed by atoms with E-state index in [4.69, 9.17) is 20.8 Å². The second-order valence-electron chi connectivity index (χ2n) is 13.5. The molecule has 15 heteroatoms. The van der Waals surface area contributed by atoms with Gasteiger partial charge >= 0.3 is 0 Å². The molecule has 0 bridgehead atoms. The van der Waals surface area contributed by atoms with Crippen LogP contribution in [0.15, 0.2) is 54.7 Å². The lowest BCUT2D eigenvalue weighted by Gasteiger charge is -2.50.